The fourth-order valence-electron chi connectivity index (χ4n) is 2.51. The van der Waals surface area contributed by atoms with Crippen molar-refractivity contribution >= 4 is 50.5 Å². The van der Waals surface area contributed by atoms with E-state index >= 15 is 0 Å². The van der Waals surface area contributed by atoms with Crippen LogP contribution < -0.4 is 0 Å². The fraction of sp³-hybridized carbons (Fsp3) is 0. The average molecular weight is 430 g/mol. The molecule has 0 unspecified atom stereocenters. The molecular weight excluding hydrogens is 419 g/mol. The molecule has 4 rings (SSSR count). The first kappa shape index (κ1) is 16.9. The maximum Gasteiger partial charge on any atom is 0.228 e. The zero-order chi connectivity index (χ0) is 18.1. The standard InChI is InChI=1S/C20H11BrClFN2O/c21-13-3-1-2-12(8-13)11-24-15-5-7-19-18(10-15)25-20(26-19)16-6-4-14(23)9-17(16)22/h1-11H. The van der Waals surface area contributed by atoms with Crippen LogP contribution in [0.1, 0.15) is 5.56 Å². The summed E-state index contributed by atoms with van der Waals surface area (Å²) in [4.78, 5) is 8.92. The number of aromatic nitrogens is 1. The molecule has 1 heterocycles. The largest absolute Gasteiger partial charge is 0.436 e. The molecule has 0 N–H and O–H groups in total. The van der Waals surface area contributed by atoms with Crippen molar-refractivity contribution < 1.29 is 8.81 Å². The number of fused-ring (bicyclic) bond motifs is 1. The van der Waals surface area contributed by atoms with Crippen molar-refractivity contribution in [1.82, 2.24) is 4.98 Å². The SMILES string of the molecule is Fc1ccc(-c2nc3cc(N=Cc4cccc(Br)c4)ccc3o2)c(Cl)c1. The van der Waals surface area contributed by atoms with E-state index in [4.69, 9.17) is 16.0 Å². The van der Waals surface area contributed by atoms with Crippen molar-refractivity contribution in [3.8, 4) is 11.5 Å². The number of oxazole rings is 1. The van der Waals surface area contributed by atoms with Gasteiger partial charge < -0.3 is 4.42 Å². The second-order valence-electron chi connectivity index (χ2n) is 5.61. The van der Waals surface area contributed by atoms with Crippen molar-refractivity contribution in [2.75, 3.05) is 0 Å². The first-order chi connectivity index (χ1) is 12.6. The number of nitrogens with zero attached hydrogens (tertiary/aromatic N) is 2. The van der Waals surface area contributed by atoms with E-state index in [9.17, 15) is 4.39 Å². The molecule has 6 heteroatoms. The predicted molar refractivity (Wildman–Crippen MR) is 106 cm³/mol. The van der Waals surface area contributed by atoms with Crippen LogP contribution in [0.4, 0.5) is 10.1 Å². The number of rotatable bonds is 3. The molecule has 0 fully saturated rings. The molecule has 26 heavy (non-hydrogen) atoms. The van der Waals surface area contributed by atoms with Crippen LogP contribution >= 0.6 is 27.5 Å². The van der Waals surface area contributed by atoms with Crippen molar-refractivity contribution in [2.24, 2.45) is 4.99 Å². The third-order valence-electron chi connectivity index (χ3n) is 3.74. The topological polar surface area (TPSA) is 38.4 Å². The van der Waals surface area contributed by atoms with Crippen LogP contribution in [0.3, 0.4) is 0 Å². The summed E-state index contributed by atoms with van der Waals surface area (Å²) in [5.74, 6) is -0.0582. The van der Waals surface area contributed by atoms with Crippen LogP contribution in [0.5, 0.6) is 0 Å². The van der Waals surface area contributed by atoms with Gasteiger partial charge in [-0.2, -0.15) is 0 Å². The second kappa shape index (κ2) is 7.02. The van der Waals surface area contributed by atoms with Gasteiger partial charge in [-0.1, -0.05) is 39.7 Å². The molecule has 0 aliphatic carbocycles. The van der Waals surface area contributed by atoms with Crippen molar-refractivity contribution in [3.05, 3.63) is 81.5 Å². The Kier molecular flexibility index (Phi) is 4.57. The van der Waals surface area contributed by atoms with Crippen LogP contribution in [0.15, 0.2) is 74.5 Å². The van der Waals surface area contributed by atoms with Gasteiger partial charge in [0.25, 0.3) is 0 Å². The first-order valence-corrected chi connectivity index (χ1v) is 8.91. The minimum atomic E-state index is -0.404. The van der Waals surface area contributed by atoms with Crippen molar-refractivity contribution in [1.29, 1.82) is 0 Å². The van der Waals surface area contributed by atoms with Crippen LogP contribution in [-0.2, 0) is 0 Å². The van der Waals surface area contributed by atoms with Crippen LogP contribution in [-0.4, -0.2) is 11.2 Å². The van der Waals surface area contributed by atoms with Crippen LogP contribution in [0, 0.1) is 5.82 Å². The Morgan fingerprint density at radius 1 is 1.08 bits per heavy atom. The molecule has 3 nitrogen and oxygen atoms in total. The summed E-state index contributed by atoms with van der Waals surface area (Å²) in [5, 5.41) is 0.254. The second-order valence-corrected chi connectivity index (χ2v) is 6.93. The zero-order valence-electron chi connectivity index (χ0n) is 13.3. The van der Waals surface area contributed by atoms with Crippen molar-refractivity contribution in [3.63, 3.8) is 0 Å². The molecule has 0 spiro atoms. The van der Waals surface area contributed by atoms with Gasteiger partial charge in [0.1, 0.15) is 11.3 Å². The lowest BCUT2D eigenvalue weighted by Crippen LogP contribution is -1.81. The molecule has 0 saturated heterocycles. The summed E-state index contributed by atoms with van der Waals surface area (Å²) < 4.78 is 19.9. The molecule has 0 atom stereocenters. The van der Waals surface area contributed by atoms with Gasteiger partial charge in [-0.3, -0.25) is 4.99 Å². The lowest BCUT2D eigenvalue weighted by molar-refractivity contribution is 0.616. The van der Waals surface area contributed by atoms with E-state index in [-0.39, 0.29) is 5.02 Å². The summed E-state index contributed by atoms with van der Waals surface area (Å²) in [6.45, 7) is 0. The lowest BCUT2D eigenvalue weighted by Gasteiger charge is -1.98. The highest BCUT2D eigenvalue weighted by atomic mass is 79.9. The summed E-state index contributed by atoms with van der Waals surface area (Å²) in [5.41, 5.74) is 3.55. The minimum absolute atomic E-state index is 0.254. The Bertz CT molecular complexity index is 1140. The quantitative estimate of drug-likeness (QED) is 0.336. The van der Waals surface area contributed by atoms with Gasteiger partial charge in [-0.15, -0.1) is 0 Å². The Morgan fingerprint density at radius 2 is 1.96 bits per heavy atom. The van der Waals surface area contributed by atoms with E-state index in [0.29, 0.717) is 22.6 Å². The molecule has 0 amide bonds. The molecule has 0 aliphatic rings. The van der Waals surface area contributed by atoms with Gasteiger partial charge in [0.15, 0.2) is 5.58 Å². The average Bonchev–Trinajstić information content (AvgIpc) is 3.03. The maximum atomic E-state index is 13.2. The lowest BCUT2D eigenvalue weighted by atomic mass is 10.2. The summed E-state index contributed by atoms with van der Waals surface area (Å²) in [6, 6.07) is 17.4. The highest BCUT2D eigenvalue weighted by Gasteiger charge is 2.12. The Hall–Kier alpha value is -2.50. The monoisotopic (exact) mass is 428 g/mol. The fourth-order valence-corrected chi connectivity index (χ4v) is 3.18. The molecule has 4 aromatic rings. The number of benzene rings is 3. The van der Waals surface area contributed by atoms with Gasteiger partial charge in [0.2, 0.25) is 5.89 Å². The van der Waals surface area contributed by atoms with Gasteiger partial charge in [0.05, 0.1) is 16.3 Å². The molecule has 0 aliphatic heterocycles. The zero-order valence-corrected chi connectivity index (χ0v) is 15.6. The summed E-state index contributed by atoms with van der Waals surface area (Å²) in [7, 11) is 0. The van der Waals surface area contributed by atoms with Gasteiger partial charge in [-0.25, -0.2) is 9.37 Å². The van der Waals surface area contributed by atoms with E-state index in [1.165, 1.54) is 12.1 Å². The Labute approximate surface area is 162 Å². The van der Waals surface area contributed by atoms with E-state index in [2.05, 4.69) is 25.9 Å². The maximum absolute atomic E-state index is 13.2. The van der Waals surface area contributed by atoms with E-state index in [1.54, 1.807) is 18.3 Å². The Morgan fingerprint density at radius 3 is 2.77 bits per heavy atom. The first-order valence-electron chi connectivity index (χ1n) is 7.74. The smallest absolute Gasteiger partial charge is 0.228 e. The number of hydrogen-bond donors (Lipinski definition) is 0. The van der Waals surface area contributed by atoms with Gasteiger partial charge in [-0.05, 0) is 54.1 Å². The summed E-state index contributed by atoms with van der Waals surface area (Å²) >= 11 is 9.52. The van der Waals surface area contributed by atoms with Crippen LogP contribution in [0.25, 0.3) is 22.6 Å². The molecule has 128 valence electrons. The van der Waals surface area contributed by atoms with E-state index < -0.39 is 5.82 Å². The minimum Gasteiger partial charge on any atom is -0.436 e. The molecule has 3 aromatic carbocycles. The van der Waals surface area contributed by atoms with Crippen LogP contribution in [0.2, 0.25) is 5.02 Å². The number of aliphatic imine (C=N–C) groups is 1. The normalized spacial score (nSPS) is 11.5. The third kappa shape index (κ3) is 3.54. The molecule has 0 radical (unpaired) electrons. The third-order valence-corrected chi connectivity index (χ3v) is 4.55. The molecule has 0 saturated carbocycles. The van der Waals surface area contributed by atoms with E-state index in [1.807, 2.05) is 36.4 Å². The van der Waals surface area contributed by atoms with E-state index in [0.717, 1.165) is 15.7 Å². The number of hydrogen-bond acceptors (Lipinski definition) is 3. The molecule has 1 aromatic heterocycles. The predicted octanol–water partition coefficient (Wildman–Crippen LogP) is 6.80. The van der Waals surface area contributed by atoms with Gasteiger partial charge in [0, 0.05) is 10.7 Å². The Balaban J connectivity index is 1.67. The summed E-state index contributed by atoms with van der Waals surface area (Å²) in [6.07, 6.45) is 1.78. The highest BCUT2D eigenvalue weighted by molar-refractivity contribution is 9.10. The molecule has 0 bridgehead atoms. The molecular formula is C20H11BrClFN2O. The van der Waals surface area contributed by atoms with Crippen molar-refractivity contribution in [2.45, 2.75) is 0 Å². The van der Waals surface area contributed by atoms with Gasteiger partial charge >= 0.3 is 0 Å². The number of halogens is 3. The highest BCUT2D eigenvalue weighted by Crippen LogP contribution is 2.31.